The van der Waals surface area contributed by atoms with Crippen molar-refractivity contribution in [1.29, 1.82) is 0 Å². The largest absolute Gasteiger partial charge is 0.309 e. The van der Waals surface area contributed by atoms with E-state index in [0.717, 1.165) is 117 Å². The molecule has 0 saturated heterocycles. The van der Waals surface area contributed by atoms with Crippen LogP contribution in [0, 0.1) is 0 Å². The van der Waals surface area contributed by atoms with Gasteiger partial charge in [0.05, 0.1) is 88.6 Å². The normalized spacial score (nSPS) is 11.7. The number of aromatic nitrogens is 13. The first-order chi connectivity index (χ1) is 66.5. The monoisotopic (exact) mass is 1710 g/mol. The number of benzene rings is 19. The summed E-state index contributed by atoms with van der Waals surface area (Å²) in [6.07, 6.45) is 0. The molecular weight excluding hydrogens is 1640 g/mol. The second-order valence-electron chi connectivity index (χ2n) is 33.8. The van der Waals surface area contributed by atoms with Crippen molar-refractivity contribution in [3.8, 4) is 91.3 Å². The number of hydrogen-bond donors (Lipinski definition) is 0. The summed E-state index contributed by atoms with van der Waals surface area (Å²) in [6, 6.07) is 164. The van der Waals surface area contributed by atoms with Gasteiger partial charge in [0.25, 0.3) is 0 Å². The molecule has 0 radical (unpaired) electrons. The van der Waals surface area contributed by atoms with Crippen molar-refractivity contribution in [2.45, 2.75) is 0 Å². The fourth-order valence-electron chi connectivity index (χ4n) is 20.4. The minimum absolute atomic E-state index is 0.589. The van der Waals surface area contributed by atoms with Crippen LogP contribution in [-0.2, 0) is 0 Å². The Morgan fingerprint density at radius 1 is 0.134 bits per heavy atom. The Labute approximate surface area is 768 Å². The number of nitrogens with zero attached hydrogens (tertiary/aromatic N) is 13. The van der Waals surface area contributed by atoms with Crippen LogP contribution in [0.2, 0.25) is 0 Å². The van der Waals surface area contributed by atoms with E-state index < -0.39 is 0 Å². The van der Waals surface area contributed by atoms with E-state index in [2.05, 4.69) is 404 Å². The zero-order valence-corrected chi connectivity index (χ0v) is 72.3. The van der Waals surface area contributed by atoms with Crippen LogP contribution in [0.25, 0.3) is 244 Å². The number of hydrogen-bond acceptors (Lipinski definition) is 7. The van der Waals surface area contributed by atoms with Gasteiger partial charge in [0.2, 0.25) is 11.9 Å². The average Bonchev–Trinajstić information content (AvgIpc) is 1.55. The highest BCUT2D eigenvalue weighted by Gasteiger charge is 2.28. The lowest BCUT2D eigenvalue weighted by Gasteiger charge is -2.12. The predicted molar refractivity (Wildman–Crippen MR) is 552 cm³/mol. The van der Waals surface area contributed by atoms with Gasteiger partial charge in [0, 0.05) is 126 Å². The molecule has 0 aliphatic rings. The smallest absolute Gasteiger partial charge is 0.238 e. The Morgan fingerprint density at radius 2 is 0.396 bits per heavy atom. The fraction of sp³-hybridized carbons (Fsp3) is 0. The van der Waals surface area contributed by atoms with Crippen molar-refractivity contribution in [1.82, 2.24) is 62.3 Å². The van der Waals surface area contributed by atoms with Crippen LogP contribution in [0.4, 0.5) is 0 Å². The molecule has 28 aromatic rings. The maximum Gasteiger partial charge on any atom is 0.238 e. The Kier molecular flexibility index (Phi) is 18.3. The molecule has 134 heavy (non-hydrogen) atoms. The van der Waals surface area contributed by atoms with E-state index in [9.17, 15) is 0 Å². The lowest BCUT2D eigenvalue weighted by molar-refractivity contribution is 0.953. The summed E-state index contributed by atoms with van der Waals surface area (Å²) in [5.41, 5.74) is 27.0. The first kappa shape index (κ1) is 76.9. The molecule has 13 nitrogen and oxygen atoms in total. The number of rotatable bonds is 11. The maximum atomic E-state index is 5.26. The highest BCUT2D eigenvalue weighted by atomic mass is 15.2. The van der Waals surface area contributed by atoms with Crippen molar-refractivity contribution in [3.63, 3.8) is 0 Å². The van der Waals surface area contributed by atoms with Gasteiger partial charge in [0.15, 0.2) is 17.5 Å². The zero-order chi connectivity index (χ0) is 88.3. The molecule has 9 aromatic heterocycles. The van der Waals surface area contributed by atoms with Crippen LogP contribution >= 0.6 is 0 Å². The molecule has 13 heteroatoms. The predicted octanol–water partition coefficient (Wildman–Crippen LogP) is 30.0. The molecule has 0 bridgehead atoms. The molecule has 9 heterocycles. The van der Waals surface area contributed by atoms with Crippen molar-refractivity contribution < 1.29 is 0 Å². The van der Waals surface area contributed by atoms with Crippen LogP contribution in [0.15, 0.2) is 467 Å². The van der Waals surface area contributed by atoms with Gasteiger partial charge in [-0.25, -0.2) is 24.9 Å². The molecule has 0 unspecified atom stereocenters. The minimum Gasteiger partial charge on any atom is -0.309 e. The van der Waals surface area contributed by atoms with E-state index in [4.69, 9.17) is 34.9 Å². The summed E-state index contributed by atoms with van der Waals surface area (Å²) in [4.78, 5) is 35.7. The summed E-state index contributed by atoms with van der Waals surface area (Å²) in [7, 11) is 0. The van der Waals surface area contributed by atoms with E-state index in [-0.39, 0.29) is 0 Å². The molecule has 0 saturated carbocycles. The van der Waals surface area contributed by atoms with Crippen LogP contribution in [0.3, 0.4) is 0 Å². The van der Waals surface area contributed by atoms with Crippen LogP contribution in [0.1, 0.15) is 0 Å². The molecule has 0 N–H and O–H groups in total. The number of fused-ring (bicyclic) bond motifs is 23. The summed E-state index contributed by atoms with van der Waals surface area (Å²) in [6.45, 7) is 0. The van der Waals surface area contributed by atoms with Crippen molar-refractivity contribution in [2.75, 3.05) is 0 Å². The minimum atomic E-state index is 0.589. The first-order valence-corrected chi connectivity index (χ1v) is 45.2. The van der Waals surface area contributed by atoms with Gasteiger partial charge in [-0.2, -0.15) is 9.97 Å². The Balaban J connectivity index is 0.000000105. The van der Waals surface area contributed by atoms with Crippen LogP contribution in [-0.4, -0.2) is 62.3 Å². The maximum absolute atomic E-state index is 5.26. The molecule has 0 spiro atoms. The third-order valence-electron chi connectivity index (χ3n) is 26.2. The second kappa shape index (κ2) is 31.9. The standard InChI is InChI=1S/C44H28N4.C39H25N5.C38H24N4/c1-3-13-29(14-4-1)42-35-18-7-10-20-37(35)45-44(46-42)30-23-25-32(26-24-30)47-39-22-12-9-19-36(39)41-40(47)28-27-34-33-17-8-11-21-38(33)48(43(34)41)31-15-5-2-6-16-31;1-4-14-26(15-5-1)37-40-38(27-16-6-2-7-17-27)42-39(41-37)44-33-23-13-11-21-31(33)35-34(44)25-24-30-29-20-10-12-22-32(29)43(36(30)35)28-18-8-3-9-19-28;1-3-13-25(14-4-1)36-29-18-7-10-20-31(29)39-38(40-36)42-33-22-12-9-19-30(33)35-34(42)24-23-28-27-17-8-11-21-32(27)41(37(28)35)26-15-5-2-6-16-26/h1-28H;1-25H;1-24H. The third kappa shape index (κ3) is 12.6. The van der Waals surface area contributed by atoms with Gasteiger partial charge < -0.3 is 18.3 Å². The molecule has 0 aliphatic heterocycles. The van der Waals surface area contributed by atoms with Gasteiger partial charge in [-0.05, 0) is 127 Å². The molecule has 0 aliphatic carbocycles. The Bertz CT molecular complexity index is 9420. The number of para-hydroxylation sites is 11. The Morgan fingerprint density at radius 3 is 0.776 bits per heavy atom. The average molecular weight is 1710 g/mol. The van der Waals surface area contributed by atoms with Gasteiger partial charge in [0.1, 0.15) is 0 Å². The lowest BCUT2D eigenvalue weighted by Crippen LogP contribution is -2.06. The van der Waals surface area contributed by atoms with E-state index in [1.165, 1.54) is 103 Å². The molecule has 626 valence electrons. The van der Waals surface area contributed by atoms with E-state index in [1.54, 1.807) is 0 Å². The van der Waals surface area contributed by atoms with Crippen molar-refractivity contribution in [2.24, 2.45) is 0 Å². The van der Waals surface area contributed by atoms with Crippen LogP contribution in [0.5, 0.6) is 0 Å². The summed E-state index contributed by atoms with van der Waals surface area (Å²) < 4.78 is 14.0. The highest BCUT2D eigenvalue weighted by Crippen LogP contribution is 2.48. The molecule has 28 rings (SSSR count). The molecule has 0 amide bonds. The lowest BCUT2D eigenvalue weighted by atomic mass is 10.1. The molecule has 0 fully saturated rings. The van der Waals surface area contributed by atoms with E-state index in [0.29, 0.717) is 23.5 Å². The van der Waals surface area contributed by atoms with Crippen molar-refractivity contribution >= 4 is 153 Å². The topological polar surface area (TPSA) is 120 Å². The Hall–Kier alpha value is -18.3. The molecule has 19 aromatic carbocycles. The van der Waals surface area contributed by atoms with Gasteiger partial charge in [-0.3, -0.25) is 9.13 Å². The van der Waals surface area contributed by atoms with Crippen molar-refractivity contribution in [3.05, 3.63) is 467 Å². The third-order valence-corrected chi connectivity index (χ3v) is 26.2. The quantitative estimate of drug-likeness (QED) is 0.126. The van der Waals surface area contributed by atoms with Crippen LogP contribution < -0.4 is 0 Å². The molecule has 0 atom stereocenters. The summed E-state index contributed by atoms with van der Waals surface area (Å²) in [5, 5.41) is 16.7. The van der Waals surface area contributed by atoms with Gasteiger partial charge >= 0.3 is 0 Å². The van der Waals surface area contributed by atoms with E-state index in [1.807, 2.05) is 91.0 Å². The SMILES string of the molecule is c1ccc(-c2nc(-c3ccc(-n4c5ccccc5c5c4ccc4c6ccccc6n(-c6ccccc6)c45)cc3)nc3ccccc23)cc1.c1ccc(-c2nc(-c3ccccc3)nc(-n3c4ccccc4c4c3ccc3c5ccccc5n(-c5ccccc5)c34)n2)cc1.c1ccc(-c2nc(-n3c4ccccc4c4c3ccc3c5ccccc5n(-c5ccccc5)c34)nc3ccccc23)cc1. The highest BCUT2D eigenvalue weighted by molar-refractivity contribution is 6.29. The zero-order valence-electron chi connectivity index (χ0n) is 72.3. The first-order valence-electron chi connectivity index (χ1n) is 45.2. The summed E-state index contributed by atoms with van der Waals surface area (Å²) >= 11 is 0. The van der Waals surface area contributed by atoms with Gasteiger partial charge in [-0.1, -0.05) is 340 Å². The second-order valence-corrected chi connectivity index (χ2v) is 33.8. The summed E-state index contributed by atoms with van der Waals surface area (Å²) in [5.74, 6) is 3.25. The van der Waals surface area contributed by atoms with E-state index >= 15 is 0 Å². The van der Waals surface area contributed by atoms with Gasteiger partial charge in [-0.15, -0.1) is 0 Å². The fourth-order valence-corrected chi connectivity index (χ4v) is 20.4. The molecular formula is C121H77N13.